The highest BCUT2D eigenvalue weighted by Crippen LogP contribution is 2.33. The molecule has 9 nitrogen and oxygen atoms in total. The van der Waals surface area contributed by atoms with E-state index < -0.39 is 10.9 Å². The van der Waals surface area contributed by atoms with E-state index in [-0.39, 0.29) is 44.6 Å². The first-order valence-corrected chi connectivity index (χ1v) is 8.50. The second kappa shape index (κ2) is 8.96. The van der Waals surface area contributed by atoms with Gasteiger partial charge in [0.25, 0.3) is 5.69 Å². The van der Waals surface area contributed by atoms with Crippen molar-refractivity contribution in [2.75, 3.05) is 13.3 Å². The fourth-order valence-electron chi connectivity index (χ4n) is 2.72. The number of nitro benzene ring substituents is 1. The summed E-state index contributed by atoms with van der Waals surface area (Å²) in [6.45, 7) is -0.320. The van der Waals surface area contributed by atoms with Crippen molar-refractivity contribution >= 4 is 17.6 Å². The standard InChI is InChI=1S/C19H18N2O7/c22-17(6-13-4-2-1-3-5-13)20-9-18(23)27-11-15-8-16(21(24)25)7-14-10-26-12-28-19(14)15/h1-5,7-8H,6,9-12H2,(H,20,22). The van der Waals surface area contributed by atoms with Crippen LogP contribution in [0.5, 0.6) is 5.75 Å². The number of nitro groups is 1. The van der Waals surface area contributed by atoms with Crippen molar-refractivity contribution in [2.24, 2.45) is 0 Å². The number of benzene rings is 2. The molecule has 2 aromatic carbocycles. The van der Waals surface area contributed by atoms with Crippen LogP contribution in [0.3, 0.4) is 0 Å². The number of hydrogen-bond acceptors (Lipinski definition) is 7. The lowest BCUT2D eigenvalue weighted by molar-refractivity contribution is -0.385. The molecule has 0 spiro atoms. The molecule has 0 unspecified atom stereocenters. The van der Waals surface area contributed by atoms with Crippen molar-refractivity contribution in [2.45, 2.75) is 19.6 Å². The van der Waals surface area contributed by atoms with E-state index in [4.69, 9.17) is 14.2 Å². The number of carbonyl (C=O) groups excluding carboxylic acids is 2. The number of amides is 1. The Morgan fingerprint density at radius 1 is 1.21 bits per heavy atom. The van der Waals surface area contributed by atoms with E-state index in [1.165, 1.54) is 12.1 Å². The molecule has 0 fully saturated rings. The Bertz CT molecular complexity index is 883. The molecule has 9 heteroatoms. The SMILES string of the molecule is O=C(Cc1ccccc1)NCC(=O)OCc1cc([N+](=O)[O-])cc2c1OCOC2. The molecule has 1 aliphatic rings. The van der Waals surface area contributed by atoms with Gasteiger partial charge in [0.05, 0.1) is 18.0 Å². The van der Waals surface area contributed by atoms with E-state index >= 15 is 0 Å². The molecule has 28 heavy (non-hydrogen) atoms. The maximum atomic E-state index is 11.9. The first-order chi connectivity index (χ1) is 13.5. The first-order valence-electron chi connectivity index (χ1n) is 8.50. The second-order valence-electron chi connectivity index (χ2n) is 6.06. The minimum Gasteiger partial charge on any atom is -0.467 e. The molecule has 3 rings (SSSR count). The number of carbonyl (C=O) groups is 2. The normalized spacial score (nSPS) is 12.4. The van der Waals surface area contributed by atoms with Crippen LogP contribution in [0.15, 0.2) is 42.5 Å². The molecule has 1 heterocycles. The Balaban J connectivity index is 1.55. The van der Waals surface area contributed by atoms with E-state index in [1.54, 1.807) is 0 Å². The number of fused-ring (bicyclic) bond motifs is 1. The summed E-state index contributed by atoms with van der Waals surface area (Å²) in [6.07, 6.45) is 0.153. The molecular formula is C19H18N2O7. The van der Waals surface area contributed by atoms with Crippen molar-refractivity contribution in [3.63, 3.8) is 0 Å². The average Bonchev–Trinajstić information content (AvgIpc) is 2.71. The van der Waals surface area contributed by atoms with Crippen LogP contribution in [0.2, 0.25) is 0 Å². The van der Waals surface area contributed by atoms with Crippen LogP contribution < -0.4 is 10.1 Å². The predicted molar refractivity (Wildman–Crippen MR) is 96.3 cm³/mol. The Kier molecular flexibility index (Phi) is 6.18. The molecule has 2 aromatic rings. The van der Waals surface area contributed by atoms with Crippen molar-refractivity contribution in [1.29, 1.82) is 0 Å². The fraction of sp³-hybridized carbons (Fsp3) is 0.263. The summed E-state index contributed by atoms with van der Waals surface area (Å²) in [5.41, 5.74) is 1.57. The third-order valence-electron chi connectivity index (χ3n) is 4.01. The lowest BCUT2D eigenvalue weighted by Gasteiger charge is -2.20. The van der Waals surface area contributed by atoms with Gasteiger partial charge in [0, 0.05) is 23.3 Å². The third kappa shape index (κ3) is 5.04. The zero-order valence-corrected chi connectivity index (χ0v) is 14.9. The highest BCUT2D eigenvalue weighted by atomic mass is 16.7. The number of rotatable bonds is 7. The van der Waals surface area contributed by atoms with Gasteiger partial charge in [0.2, 0.25) is 5.91 Å². The minimum absolute atomic E-state index is 0.0152. The van der Waals surface area contributed by atoms with Crippen LogP contribution in [0.1, 0.15) is 16.7 Å². The van der Waals surface area contributed by atoms with Gasteiger partial charge in [-0.25, -0.2) is 0 Å². The Morgan fingerprint density at radius 2 is 2.00 bits per heavy atom. The van der Waals surface area contributed by atoms with Gasteiger partial charge in [-0.05, 0) is 5.56 Å². The van der Waals surface area contributed by atoms with Crippen molar-refractivity contribution in [1.82, 2.24) is 5.32 Å². The van der Waals surface area contributed by atoms with Gasteiger partial charge >= 0.3 is 5.97 Å². The summed E-state index contributed by atoms with van der Waals surface area (Å²) in [4.78, 5) is 34.3. The first kappa shape index (κ1) is 19.3. The van der Waals surface area contributed by atoms with E-state index in [1.807, 2.05) is 30.3 Å². The van der Waals surface area contributed by atoms with Gasteiger partial charge < -0.3 is 19.5 Å². The Hall–Kier alpha value is -3.46. The lowest BCUT2D eigenvalue weighted by atomic mass is 10.1. The van der Waals surface area contributed by atoms with Crippen LogP contribution in [0.4, 0.5) is 5.69 Å². The largest absolute Gasteiger partial charge is 0.467 e. The van der Waals surface area contributed by atoms with Crippen LogP contribution in [-0.4, -0.2) is 30.1 Å². The highest BCUT2D eigenvalue weighted by Gasteiger charge is 2.21. The highest BCUT2D eigenvalue weighted by molar-refractivity contribution is 5.83. The predicted octanol–water partition coefficient (Wildman–Crippen LogP) is 1.86. The van der Waals surface area contributed by atoms with Gasteiger partial charge in [-0.2, -0.15) is 0 Å². The molecule has 0 saturated carbocycles. The van der Waals surface area contributed by atoms with Gasteiger partial charge in [0.15, 0.2) is 6.79 Å². The van der Waals surface area contributed by atoms with Crippen molar-refractivity contribution in [3.05, 3.63) is 69.3 Å². The number of nitrogens with zero attached hydrogens (tertiary/aromatic N) is 1. The molecule has 0 aliphatic carbocycles. The van der Waals surface area contributed by atoms with Gasteiger partial charge in [0.1, 0.15) is 18.9 Å². The van der Waals surface area contributed by atoms with Crippen molar-refractivity contribution in [3.8, 4) is 5.75 Å². The van der Waals surface area contributed by atoms with Crippen LogP contribution in [0, 0.1) is 10.1 Å². The summed E-state index contributed by atoms with van der Waals surface area (Å²) in [6, 6.07) is 11.8. The van der Waals surface area contributed by atoms with Crippen LogP contribution in [-0.2, 0) is 38.7 Å². The monoisotopic (exact) mass is 386 g/mol. The summed E-state index contributed by atoms with van der Waals surface area (Å²) in [7, 11) is 0. The minimum atomic E-state index is -0.659. The number of ether oxygens (including phenoxy) is 3. The van der Waals surface area contributed by atoms with E-state index in [0.29, 0.717) is 16.9 Å². The van der Waals surface area contributed by atoms with E-state index in [2.05, 4.69) is 5.32 Å². The molecule has 0 radical (unpaired) electrons. The zero-order valence-electron chi connectivity index (χ0n) is 14.9. The maximum Gasteiger partial charge on any atom is 0.325 e. The van der Waals surface area contributed by atoms with Gasteiger partial charge in [-0.15, -0.1) is 0 Å². The van der Waals surface area contributed by atoms with Crippen molar-refractivity contribution < 1.29 is 28.7 Å². The maximum absolute atomic E-state index is 11.9. The molecule has 1 aliphatic heterocycles. The van der Waals surface area contributed by atoms with Gasteiger partial charge in [-0.3, -0.25) is 19.7 Å². The van der Waals surface area contributed by atoms with E-state index in [0.717, 1.165) is 5.56 Å². The van der Waals surface area contributed by atoms with Gasteiger partial charge in [-0.1, -0.05) is 30.3 Å². The Morgan fingerprint density at radius 3 is 2.75 bits per heavy atom. The second-order valence-corrected chi connectivity index (χ2v) is 6.06. The third-order valence-corrected chi connectivity index (χ3v) is 4.01. The summed E-state index contributed by atoms with van der Waals surface area (Å²) >= 11 is 0. The molecule has 0 atom stereocenters. The number of hydrogen-bond donors (Lipinski definition) is 1. The smallest absolute Gasteiger partial charge is 0.325 e. The molecule has 0 aromatic heterocycles. The molecule has 0 bridgehead atoms. The molecule has 146 valence electrons. The average molecular weight is 386 g/mol. The summed E-state index contributed by atoms with van der Waals surface area (Å²) < 4.78 is 15.6. The molecule has 0 saturated heterocycles. The van der Waals surface area contributed by atoms with Crippen LogP contribution >= 0.6 is 0 Å². The summed E-state index contributed by atoms with van der Waals surface area (Å²) in [5.74, 6) is -0.553. The quantitative estimate of drug-likeness (QED) is 0.438. The summed E-state index contributed by atoms with van der Waals surface area (Å²) in [5, 5.41) is 13.6. The topological polar surface area (TPSA) is 117 Å². The van der Waals surface area contributed by atoms with Crippen LogP contribution in [0.25, 0.3) is 0 Å². The zero-order chi connectivity index (χ0) is 19.9. The lowest BCUT2D eigenvalue weighted by Crippen LogP contribution is -2.31. The number of esters is 1. The fourth-order valence-corrected chi connectivity index (χ4v) is 2.72. The number of non-ortho nitro benzene ring substituents is 1. The molecule has 1 amide bonds. The Labute approximate surface area is 160 Å². The van der Waals surface area contributed by atoms with E-state index in [9.17, 15) is 19.7 Å². The number of nitrogens with one attached hydrogen (secondary N) is 1. The molecular weight excluding hydrogens is 368 g/mol. The molecule has 1 N–H and O–H groups in total.